The molecule has 1 unspecified atom stereocenters. The minimum Gasteiger partial charge on any atom is -0.477 e. The number of esters is 1. The van der Waals surface area contributed by atoms with Gasteiger partial charge in [0.1, 0.15) is 22.7 Å². The number of oxime groups is 1. The van der Waals surface area contributed by atoms with Gasteiger partial charge < -0.3 is 31.5 Å². The fraction of sp³-hybridized carbons (Fsp3) is 0.583. The van der Waals surface area contributed by atoms with E-state index in [0.717, 1.165) is 16.4 Å². The van der Waals surface area contributed by atoms with Crippen molar-refractivity contribution in [1.29, 1.82) is 0 Å². The molecule has 2 amide bonds. The first-order chi connectivity index (χ1) is 21.1. The summed E-state index contributed by atoms with van der Waals surface area (Å²) >= 11 is 3.34. The summed E-state index contributed by atoms with van der Waals surface area (Å²) in [7, 11) is 0. The number of carboxylic acid groups (broad SMARTS) is 1. The first-order valence-corrected chi connectivity index (χ1v) is 16.3. The third kappa shape index (κ3) is 7.89. The molecule has 0 saturated carbocycles. The van der Waals surface area contributed by atoms with E-state index in [2.05, 4.69) is 35.4 Å². The molecule has 18 nitrogen and oxygen atoms in total. The second-order valence-corrected chi connectivity index (χ2v) is 14.1. The summed E-state index contributed by atoms with van der Waals surface area (Å²) in [6, 6.07) is -1.09. The van der Waals surface area contributed by atoms with Gasteiger partial charge in [-0.25, -0.2) is 14.3 Å². The van der Waals surface area contributed by atoms with Crippen LogP contribution >= 0.6 is 35.1 Å². The maximum absolute atomic E-state index is 13.4. The Hall–Kier alpha value is -3.82. The minimum atomic E-state index is -1.61. The molecule has 2 aliphatic heterocycles. The number of nitrogen functional groups attached to an aromatic ring is 1. The van der Waals surface area contributed by atoms with Crippen molar-refractivity contribution in [2.45, 2.75) is 75.4 Å². The molecule has 2 aliphatic rings. The number of thioether (sulfide) groups is 2. The van der Waals surface area contributed by atoms with E-state index in [1.807, 2.05) is 0 Å². The van der Waals surface area contributed by atoms with Crippen molar-refractivity contribution in [2.24, 2.45) is 10.9 Å². The van der Waals surface area contributed by atoms with Crippen LogP contribution in [-0.2, 0) is 35.3 Å². The molecule has 0 aliphatic carbocycles. The second kappa shape index (κ2) is 13.7. The number of nitrogens with two attached hydrogens (primary N) is 2. The monoisotopic (exact) mass is 683 g/mol. The van der Waals surface area contributed by atoms with Crippen LogP contribution in [0.2, 0.25) is 0 Å². The summed E-state index contributed by atoms with van der Waals surface area (Å²) in [6.07, 6.45) is 0.667. The average molecular weight is 684 g/mol. The van der Waals surface area contributed by atoms with Crippen molar-refractivity contribution in [3.63, 3.8) is 0 Å². The number of aromatic nitrogens is 6. The van der Waals surface area contributed by atoms with Gasteiger partial charge in [-0.2, -0.15) is 9.36 Å². The molecular formula is C24H33N11O7S3. The van der Waals surface area contributed by atoms with Gasteiger partial charge in [-0.15, -0.1) is 16.9 Å². The van der Waals surface area contributed by atoms with Crippen LogP contribution in [0.1, 0.15) is 46.9 Å². The third-order valence-electron chi connectivity index (χ3n) is 6.11. The Kier molecular flexibility index (Phi) is 10.3. The van der Waals surface area contributed by atoms with Gasteiger partial charge in [-0.3, -0.25) is 14.5 Å². The number of rotatable bonds is 13. The van der Waals surface area contributed by atoms with Gasteiger partial charge in [0.15, 0.2) is 5.13 Å². The Morgan fingerprint density at radius 2 is 1.98 bits per heavy atom. The quantitative estimate of drug-likeness (QED) is 0.0702. The summed E-state index contributed by atoms with van der Waals surface area (Å²) in [4.78, 5) is 62.2. The van der Waals surface area contributed by atoms with Crippen LogP contribution in [0.3, 0.4) is 0 Å². The van der Waals surface area contributed by atoms with E-state index in [-0.39, 0.29) is 28.2 Å². The van der Waals surface area contributed by atoms with E-state index in [1.54, 1.807) is 25.5 Å². The molecule has 0 bridgehead atoms. The summed E-state index contributed by atoms with van der Waals surface area (Å²) in [5, 5.41) is 27.9. The molecule has 0 aromatic carbocycles. The number of aryl methyl sites for hydroxylation is 1. The van der Waals surface area contributed by atoms with Gasteiger partial charge in [-0.05, 0) is 63.6 Å². The number of nitrogens with zero attached hydrogens (tertiary/aromatic N) is 8. The number of carboxylic acids is 1. The SMILES string of the molecule is CC(C)(C)OC(=O)C(C)(C)ON=C(C(=O)NC1C(=O)N2C(C(=O)O)=C(CSc3nnnn3CCCN)CS[C@@H]12)c1nsc(N)n1. The number of carbonyl (C=O) groups is 4. The highest BCUT2D eigenvalue weighted by atomic mass is 32.2. The predicted octanol–water partition coefficient (Wildman–Crippen LogP) is -0.172. The fourth-order valence-electron chi connectivity index (χ4n) is 3.95. The van der Waals surface area contributed by atoms with Crippen molar-refractivity contribution in [1.82, 2.24) is 39.8 Å². The molecule has 1 saturated heterocycles. The van der Waals surface area contributed by atoms with E-state index < -0.39 is 52.1 Å². The van der Waals surface area contributed by atoms with Gasteiger partial charge in [0.2, 0.25) is 22.3 Å². The maximum atomic E-state index is 13.4. The molecule has 45 heavy (non-hydrogen) atoms. The molecule has 0 radical (unpaired) electrons. The number of ether oxygens (including phenoxy) is 1. The lowest BCUT2D eigenvalue weighted by atomic mass is 10.0. The number of anilines is 1. The highest BCUT2D eigenvalue weighted by molar-refractivity contribution is 8.01. The van der Waals surface area contributed by atoms with Gasteiger partial charge in [-0.1, -0.05) is 16.9 Å². The zero-order chi connectivity index (χ0) is 33.1. The zero-order valence-electron chi connectivity index (χ0n) is 25.0. The normalized spacial score (nSPS) is 18.8. The van der Waals surface area contributed by atoms with Gasteiger partial charge in [0.05, 0.1) is 0 Å². The smallest absolute Gasteiger partial charge is 0.353 e. The molecule has 244 valence electrons. The molecule has 21 heteroatoms. The number of amides is 2. The molecule has 2 atom stereocenters. The van der Waals surface area contributed by atoms with Crippen LogP contribution in [-0.4, -0.2) is 110 Å². The van der Waals surface area contributed by atoms with E-state index in [1.165, 1.54) is 37.4 Å². The van der Waals surface area contributed by atoms with Crippen molar-refractivity contribution >= 4 is 69.7 Å². The van der Waals surface area contributed by atoms with Crippen LogP contribution in [0.15, 0.2) is 21.6 Å². The van der Waals surface area contributed by atoms with Crippen LogP contribution in [0.25, 0.3) is 0 Å². The van der Waals surface area contributed by atoms with E-state index >= 15 is 0 Å². The van der Waals surface area contributed by atoms with Crippen molar-refractivity contribution in [2.75, 3.05) is 23.8 Å². The van der Waals surface area contributed by atoms with Gasteiger partial charge in [0.25, 0.3) is 11.8 Å². The largest absolute Gasteiger partial charge is 0.477 e. The van der Waals surface area contributed by atoms with Crippen molar-refractivity contribution in [3.05, 3.63) is 17.1 Å². The topological polar surface area (TPSA) is 256 Å². The predicted molar refractivity (Wildman–Crippen MR) is 164 cm³/mol. The Labute approximate surface area is 269 Å². The highest BCUT2D eigenvalue weighted by Crippen LogP contribution is 2.41. The lowest BCUT2D eigenvalue weighted by Gasteiger charge is -2.49. The highest BCUT2D eigenvalue weighted by Gasteiger charge is 2.54. The molecule has 6 N–H and O–H groups in total. The number of hydrogen-bond acceptors (Lipinski definition) is 17. The Morgan fingerprint density at radius 1 is 1.24 bits per heavy atom. The van der Waals surface area contributed by atoms with Crippen LogP contribution < -0.4 is 16.8 Å². The van der Waals surface area contributed by atoms with Crippen LogP contribution in [0, 0.1) is 0 Å². The number of fused-ring (bicyclic) bond motifs is 1. The number of hydrogen-bond donors (Lipinski definition) is 4. The number of aliphatic carboxylic acids is 1. The van der Waals surface area contributed by atoms with Crippen molar-refractivity contribution < 1.29 is 33.9 Å². The van der Waals surface area contributed by atoms with E-state index in [0.29, 0.717) is 30.2 Å². The van der Waals surface area contributed by atoms with Crippen LogP contribution in [0.4, 0.5) is 5.13 Å². The molecule has 4 rings (SSSR count). The maximum Gasteiger partial charge on any atom is 0.353 e. The number of β-lactam (4-membered cyclic amide) rings is 1. The molecule has 1 fully saturated rings. The van der Waals surface area contributed by atoms with Crippen LogP contribution in [0.5, 0.6) is 0 Å². The molecule has 2 aromatic rings. The summed E-state index contributed by atoms with van der Waals surface area (Å²) in [5.74, 6) is -3.22. The Balaban J connectivity index is 1.50. The Bertz CT molecular complexity index is 1530. The molecule has 0 spiro atoms. The second-order valence-electron chi connectivity index (χ2n) is 11.2. The Morgan fingerprint density at radius 3 is 2.60 bits per heavy atom. The lowest BCUT2D eigenvalue weighted by Crippen LogP contribution is -2.71. The average Bonchev–Trinajstić information content (AvgIpc) is 3.60. The lowest BCUT2D eigenvalue weighted by molar-refractivity contribution is -0.179. The molecule has 4 heterocycles. The number of carbonyl (C=O) groups excluding carboxylic acids is 3. The molecular weight excluding hydrogens is 651 g/mol. The first kappa shape index (κ1) is 34.1. The van der Waals surface area contributed by atoms with Gasteiger partial charge >= 0.3 is 11.9 Å². The summed E-state index contributed by atoms with van der Waals surface area (Å²) < 4.78 is 11.0. The number of tetrazole rings is 1. The first-order valence-electron chi connectivity index (χ1n) is 13.5. The van der Waals surface area contributed by atoms with Crippen molar-refractivity contribution in [3.8, 4) is 0 Å². The minimum absolute atomic E-state index is 0.0423. The molecule has 2 aromatic heterocycles. The summed E-state index contributed by atoms with van der Waals surface area (Å²) in [6.45, 7) is 8.86. The third-order valence-corrected chi connectivity index (χ3v) is 9.03. The summed E-state index contributed by atoms with van der Waals surface area (Å²) in [5.41, 5.74) is 8.77. The zero-order valence-corrected chi connectivity index (χ0v) is 27.5. The van der Waals surface area contributed by atoms with E-state index in [9.17, 15) is 24.3 Å². The standard InChI is InChI=1S/C24H33N11O7S3/c1-23(2,3)41-20(40)24(4,5)42-30-12(15-28-21(26)45-31-15)16(36)27-13-17(37)35-14(19(38)39)11(9-43-18(13)35)10-44-22-29-32-33-34(22)8-6-7-25/h13,18H,6-10,25H2,1-5H3,(H,27,36)(H,38,39)(H2,26,28,31)/t13?,18-/m0/s1. The van der Waals surface area contributed by atoms with E-state index in [4.69, 9.17) is 21.0 Å². The number of nitrogens with one attached hydrogen (secondary N) is 1. The van der Waals surface area contributed by atoms with Gasteiger partial charge in [0, 0.05) is 29.6 Å². The fourth-order valence-corrected chi connectivity index (χ4v) is 6.77.